The third-order valence-electron chi connectivity index (χ3n) is 4.40. The van der Waals surface area contributed by atoms with E-state index in [9.17, 15) is 18.0 Å². The van der Waals surface area contributed by atoms with E-state index in [0.717, 1.165) is 11.9 Å². The summed E-state index contributed by atoms with van der Waals surface area (Å²) in [6, 6.07) is 8.81. The van der Waals surface area contributed by atoms with Gasteiger partial charge >= 0.3 is 12.1 Å². The molecule has 0 aliphatic carbocycles. The van der Waals surface area contributed by atoms with Gasteiger partial charge < -0.3 is 14.5 Å². The Kier molecular flexibility index (Phi) is 5.53. The van der Waals surface area contributed by atoms with Crippen LogP contribution in [0.3, 0.4) is 0 Å². The van der Waals surface area contributed by atoms with Gasteiger partial charge in [-0.3, -0.25) is 0 Å². The lowest BCUT2D eigenvalue weighted by molar-refractivity contribution is -0.137. The molecule has 0 saturated carbocycles. The number of hydrogen-bond donors (Lipinski definition) is 0. The number of hydrogen-bond acceptors (Lipinski definition) is 5. The Morgan fingerprint density at radius 2 is 1.81 bits per heavy atom. The lowest BCUT2D eigenvalue weighted by Crippen LogP contribution is -2.46. The molecule has 1 aromatic heterocycles. The van der Waals surface area contributed by atoms with Gasteiger partial charge in [0.05, 0.1) is 17.7 Å². The molecule has 5 nitrogen and oxygen atoms in total. The third kappa shape index (κ3) is 4.50. The number of carbonyl (C=O) groups excluding carboxylic acids is 1. The molecular formula is C19H20F3N3O2. The van der Waals surface area contributed by atoms with Gasteiger partial charge in [-0.2, -0.15) is 13.2 Å². The molecule has 1 fully saturated rings. The van der Waals surface area contributed by atoms with Crippen molar-refractivity contribution in [2.75, 3.05) is 42.6 Å². The highest BCUT2D eigenvalue weighted by atomic mass is 19.4. The number of anilines is 2. The zero-order valence-corrected chi connectivity index (χ0v) is 14.9. The Balaban J connectivity index is 1.63. The molecule has 8 heteroatoms. The molecule has 1 saturated heterocycles. The predicted molar refractivity (Wildman–Crippen MR) is 96.1 cm³/mol. The lowest BCUT2D eigenvalue weighted by Gasteiger charge is -2.37. The summed E-state index contributed by atoms with van der Waals surface area (Å²) in [6.07, 6.45) is -2.87. The van der Waals surface area contributed by atoms with E-state index < -0.39 is 17.7 Å². The van der Waals surface area contributed by atoms with E-state index in [4.69, 9.17) is 4.74 Å². The Hall–Kier alpha value is -2.77. The minimum absolute atomic E-state index is 0.304. The Bertz CT molecular complexity index is 786. The summed E-state index contributed by atoms with van der Waals surface area (Å²) in [5, 5.41) is 0. The van der Waals surface area contributed by atoms with Gasteiger partial charge in [-0.05, 0) is 37.3 Å². The molecule has 1 aromatic carbocycles. The summed E-state index contributed by atoms with van der Waals surface area (Å²) in [5.74, 6) is 0.317. The van der Waals surface area contributed by atoms with Crippen molar-refractivity contribution in [1.82, 2.24) is 4.98 Å². The van der Waals surface area contributed by atoms with Gasteiger partial charge in [-0.15, -0.1) is 0 Å². The van der Waals surface area contributed by atoms with E-state index in [1.807, 2.05) is 9.80 Å². The third-order valence-corrected chi connectivity index (χ3v) is 4.40. The molecule has 2 heterocycles. The maximum atomic E-state index is 12.9. The van der Waals surface area contributed by atoms with Crippen LogP contribution in [0.2, 0.25) is 0 Å². The quantitative estimate of drug-likeness (QED) is 0.760. The number of aromatic nitrogens is 1. The maximum Gasteiger partial charge on any atom is 0.416 e. The minimum Gasteiger partial charge on any atom is -0.462 e. The summed E-state index contributed by atoms with van der Waals surface area (Å²) in [7, 11) is 0. The zero-order valence-electron chi connectivity index (χ0n) is 14.9. The van der Waals surface area contributed by atoms with Crippen LogP contribution in [-0.2, 0) is 10.9 Å². The van der Waals surface area contributed by atoms with Crippen molar-refractivity contribution in [3.8, 4) is 0 Å². The van der Waals surface area contributed by atoms with Crippen molar-refractivity contribution in [3.63, 3.8) is 0 Å². The second-order valence-electron chi connectivity index (χ2n) is 6.15. The molecule has 0 atom stereocenters. The molecule has 0 amide bonds. The summed E-state index contributed by atoms with van der Waals surface area (Å²) in [5.41, 5.74) is 0.317. The average Bonchev–Trinajstić information content (AvgIpc) is 2.68. The largest absolute Gasteiger partial charge is 0.462 e. The number of nitrogens with zero attached hydrogens (tertiary/aromatic N) is 3. The number of piperazine rings is 1. The van der Waals surface area contributed by atoms with Crippen LogP contribution in [0.1, 0.15) is 22.8 Å². The zero-order chi connectivity index (χ0) is 19.4. The standard InChI is InChI=1S/C19H20F3N3O2/c1-2-27-18(26)14-6-7-17(23-13-14)25-10-8-24(9-11-25)16-5-3-4-15(12-16)19(20,21)22/h3-7,12-13H,2,8-11H2,1H3. The summed E-state index contributed by atoms with van der Waals surface area (Å²) >= 11 is 0. The number of ether oxygens (including phenoxy) is 1. The fourth-order valence-corrected chi connectivity index (χ4v) is 2.98. The SMILES string of the molecule is CCOC(=O)c1ccc(N2CCN(c3cccc(C(F)(F)F)c3)CC2)nc1. The molecule has 0 bridgehead atoms. The number of esters is 1. The molecular weight excluding hydrogens is 359 g/mol. The summed E-state index contributed by atoms with van der Waals surface area (Å²) in [6.45, 7) is 4.47. The number of benzene rings is 1. The van der Waals surface area contributed by atoms with Crippen LogP contribution < -0.4 is 9.80 Å². The van der Waals surface area contributed by atoms with Crippen molar-refractivity contribution in [3.05, 3.63) is 53.7 Å². The molecule has 1 aliphatic heterocycles. The monoisotopic (exact) mass is 379 g/mol. The van der Waals surface area contributed by atoms with Crippen LogP contribution in [0.4, 0.5) is 24.7 Å². The second-order valence-corrected chi connectivity index (χ2v) is 6.15. The Morgan fingerprint density at radius 1 is 1.11 bits per heavy atom. The van der Waals surface area contributed by atoms with Gasteiger partial charge in [0, 0.05) is 38.1 Å². The lowest BCUT2D eigenvalue weighted by atomic mass is 10.1. The fraction of sp³-hybridized carbons (Fsp3) is 0.368. The number of pyridine rings is 1. The highest BCUT2D eigenvalue weighted by Gasteiger charge is 2.31. The molecule has 0 radical (unpaired) electrons. The average molecular weight is 379 g/mol. The molecule has 0 unspecified atom stereocenters. The number of carbonyl (C=O) groups is 1. The van der Waals surface area contributed by atoms with Crippen molar-refractivity contribution >= 4 is 17.5 Å². The number of alkyl halides is 3. The normalized spacial score (nSPS) is 15.0. The molecule has 0 spiro atoms. The highest BCUT2D eigenvalue weighted by Crippen LogP contribution is 2.32. The summed E-state index contributed by atoms with van der Waals surface area (Å²) in [4.78, 5) is 19.9. The van der Waals surface area contributed by atoms with E-state index in [2.05, 4.69) is 4.98 Å². The van der Waals surface area contributed by atoms with E-state index in [-0.39, 0.29) is 0 Å². The van der Waals surface area contributed by atoms with Crippen LogP contribution in [0.15, 0.2) is 42.6 Å². The smallest absolute Gasteiger partial charge is 0.416 e. The van der Waals surface area contributed by atoms with Crippen LogP contribution in [0.5, 0.6) is 0 Å². The fourth-order valence-electron chi connectivity index (χ4n) is 2.98. The predicted octanol–water partition coefficient (Wildman–Crippen LogP) is 3.60. The first-order chi connectivity index (χ1) is 12.9. The van der Waals surface area contributed by atoms with Crippen molar-refractivity contribution in [1.29, 1.82) is 0 Å². The molecule has 0 N–H and O–H groups in total. The summed E-state index contributed by atoms with van der Waals surface area (Å²) < 4.78 is 43.6. The van der Waals surface area contributed by atoms with Crippen molar-refractivity contribution in [2.24, 2.45) is 0 Å². The van der Waals surface area contributed by atoms with Crippen LogP contribution in [0, 0.1) is 0 Å². The van der Waals surface area contributed by atoms with Crippen LogP contribution >= 0.6 is 0 Å². The van der Waals surface area contributed by atoms with Gasteiger partial charge in [0.2, 0.25) is 0 Å². The van der Waals surface area contributed by atoms with E-state index in [0.29, 0.717) is 44.0 Å². The second kappa shape index (κ2) is 7.85. The first-order valence-electron chi connectivity index (χ1n) is 8.69. The van der Waals surface area contributed by atoms with E-state index in [1.54, 1.807) is 25.1 Å². The number of halogens is 3. The van der Waals surface area contributed by atoms with Crippen LogP contribution in [0.25, 0.3) is 0 Å². The Morgan fingerprint density at radius 3 is 2.41 bits per heavy atom. The topological polar surface area (TPSA) is 45.7 Å². The van der Waals surface area contributed by atoms with E-state index in [1.165, 1.54) is 18.3 Å². The number of rotatable bonds is 4. The highest BCUT2D eigenvalue weighted by molar-refractivity contribution is 5.89. The first-order valence-corrected chi connectivity index (χ1v) is 8.69. The molecule has 144 valence electrons. The van der Waals surface area contributed by atoms with E-state index >= 15 is 0 Å². The molecule has 2 aromatic rings. The van der Waals surface area contributed by atoms with Gasteiger partial charge in [0.1, 0.15) is 5.82 Å². The van der Waals surface area contributed by atoms with Gasteiger partial charge in [0.25, 0.3) is 0 Å². The van der Waals surface area contributed by atoms with Gasteiger partial charge in [-0.25, -0.2) is 9.78 Å². The molecule has 3 rings (SSSR count). The van der Waals surface area contributed by atoms with Crippen molar-refractivity contribution in [2.45, 2.75) is 13.1 Å². The Labute approximate surface area is 155 Å². The van der Waals surface area contributed by atoms with Gasteiger partial charge in [0.15, 0.2) is 0 Å². The van der Waals surface area contributed by atoms with Crippen molar-refractivity contribution < 1.29 is 22.7 Å². The first kappa shape index (κ1) is 19.0. The molecule has 27 heavy (non-hydrogen) atoms. The van der Waals surface area contributed by atoms with Gasteiger partial charge in [-0.1, -0.05) is 6.07 Å². The molecule has 1 aliphatic rings. The minimum atomic E-state index is -4.34. The maximum absolute atomic E-state index is 12.9. The van der Waals surface area contributed by atoms with Crippen LogP contribution in [-0.4, -0.2) is 43.7 Å².